The molecule has 1 aromatic rings. The Kier molecular flexibility index (Phi) is 4.14. The highest BCUT2D eigenvalue weighted by molar-refractivity contribution is 7.89. The average molecular weight is 279 g/mol. The molecule has 7 heteroatoms. The number of hydrogen-bond donors (Lipinski definition) is 1. The molecule has 0 atom stereocenters. The topological polar surface area (TPSA) is 70.5 Å². The highest BCUT2D eigenvalue weighted by Crippen LogP contribution is 2.22. The normalized spacial score (nSPS) is 13.1. The number of likely N-dealkylation sites (N-methyl/N-ethyl adjacent to an activating group) is 1. The van der Waals surface area contributed by atoms with Gasteiger partial charge in [0.1, 0.15) is 10.0 Å². The summed E-state index contributed by atoms with van der Waals surface area (Å²) in [4.78, 5) is 3.66. The van der Waals surface area contributed by atoms with Gasteiger partial charge in [0.05, 0.1) is 5.60 Å². The van der Waals surface area contributed by atoms with Gasteiger partial charge in [0.2, 0.25) is 10.0 Å². The van der Waals surface area contributed by atoms with E-state index >= 15 is 0 Å². The Morgan fingerprint density at radius 2 is 2.12 bits per heavy atom. The van der Waals surface area contributed by atoms with Gasteiger partial charge in [-0.15, -0.1) is 0 Å². The van der Waals surface area contributed by atoms with E-state index in [-0.39, 0.29) is 16.6 Å². The molecule has 0 aliphatic carbocycles. The van der Waals surface area contributed by atoms with Crippen molar-refractivity contribution in [3.63, 3.8) is 0 Å². The standard InChI is InChI=1S/C10H15ClN2O3S/c1-10(2,14)7-13(3)17(15,16)8-5-4-6-12-9(8)11/h4-6,14H,7H2,1-3H3. The van der Waals surface area contributed by atoms with E-state index in [9.17, 15) is 13.5 Å². The maximum absolute atomic E-state index is 12.1. The molecular weight excluding hydrogens is 264 g/mol. The first kappa shape index (κ1) is 14.4. The van der Waals surface area contributed by atoms with Crippen molar-refractivity contribution in [2.75, 3.05) is 13.6 Å². The second kappa shape index (κ2) is 4.89. The maximum Gasteiger partial charge on any atom is 0.245 e. The largest absolute Gasteiger partial charge is 0.389 e. The Labute approximate surface area is 106 Å². The molecule has 0 fully saturated rings. The number of nitrogens with zero attached hydrogens (tertiary/aromatic N) is 2. The Balaban J connectivity index is 3.09. The number of halogens is 1. The summed E-state index contributed by atoms with van der Waals surface area (Å²) in [7, 11) is -2.34. The second-order valence-electron chi connectivity index (χ2n) is 4.37. The zero-order chi connectivity index (χ0) is 13.3. The van der Waals surface area contributed by atoms with E-state index in [1.807, 2.05) is 0 Å². The van der Waals surface area contributed by atoms with Gasteiger partial charge < -0.3 is 5.11 Å². The fourth-order valence-corrected chi connectivity index (χ4v) is 3.11. The number of pyridine rings is 1. The minimum Gasteiger partial charge on any atom is -0.389 e. The third-order valence-electron chi connectivity index (χ3n) is 2.02. The van der Waals surface area contributed by atoms with Gasteiger partial charge in [0.15, 0.2) is 0 Å². The summed E-state index contributed by atoms with van der Waals surface area (Å²) in [6.07, 6.45) is 1.41. The molecule has 0 aliphatic rings. The number of sulfonamides is 1. The Morgan fingerprint density at radius 1 is 1.53 bits per heavy atom. The van der Waals surface area contributed by atoms with Crippen LogP contribution in [0.15, 0.2) is 23.2 Å². The molecule has 0 saturated heterocycles. The van der Waals surface area contributed by atoms with E-state index in [0.717, 1.165) is 4.31 Å². The fraction of sp³-hybridized carbons (Fsp3) is 0.500. The average Bonchev–Trinajstić information content (AvgIpc) is 2.15. The molecule has 96 valence electrons. The molecule has 0 saturated carbocycles. The third kappa shape index (κ3) is 3.64. The van der Waals surface area contributed by atoms with Gasteiger partial charge in [-0.1, -0.05) is 11.6 Å². The van der Waals surface area contributed by atoms with E-state index in [2.05, 4.69) is 4.98 Å². The highest BCUT2D eigenvalue weighted by atomic mass is 35.5. The van der Waals surface area contributed by atoms with Crippen LogP contribution in [0.25, 0.3) is 0 Å². The minimum atomic E-state index is -3.72. The molecule has 1 aromatic heterocycles. The van der Waals surface area contributed by atoms with Crippen LogP contribution in [-0.2, 0) is 10.0 Å². The van der Waals surface area contributed by atoms with Crippen LogP contribution < -0.4 is 0 Å². The maximum atomic E-state index is 12.1. The van der Waals surface area contributed by atoms with Crippen molar-refractivity contribution in [3.8, 4) is 0 Å². The van der Waals surface area contributed by atoms with E-state index in [1.54, 1.807) is 0 Å². The van der Waals surface area contributed by atoms with E-state index in [1.165, 1.54) is 39.2 Å². The highest BCUT2D eigenvalue weighted by Gasteiger charge is 2.28. The quantitative estimate of drug-likeness (QED) is 0.838. The van der Waals surface area contributed by atoms with Crippen LogP contribution in [0.1, 0.15) is 13.8 Å². The second-order valence-corrected chi connectivity index (χ2v) is 6.74. The summed E-state index contributed by atoms with van der Waals surface area (Å²) in [6.45, 7) is 3.04. The van der Waals surface area contributed by atoms with Gasteiger partial charge in [-0.05, 0) is 26.0 Å². The van der Waals surface area contributed by atoms with Crippen molar-refractivity contribution in [2.45, 2.75) is 24.3 Å². The molecule has 17 heavy (non-hydrogen) atoms. The molecule has 0 aliphatic heterocycles. The van der Waals surface area contributed by atoms with Crippen LogP contribution in [-0.4, -0.2) is 42.0 Å². The molecule has 1 heterocycles. The molecular formula is C10H15ClN2O3S. The van der Waals surface area contributed by atoms with Crippen LogP contribution in [0.2, 0.25) is 5.15 Å². The molecule has 5 nitrogen and oxygen atoms in total. The molecule has 0 bridgehead atoms. The fourth-order valence-electron chi connectivity index (χ4n) is 1.36. The van der Waals surface area contributed by atoms with Crippen LogP contribution >= 0.6 is 11.6 Å². The van der Waals surface area contributed by atoms with E-state index in [4.69, 9.17) is 11.6 Å². The predicted octanol–water partition coefficient (Wildman–Crippen LogP) is 1.13. The number of aromatic nitrogens is 1. The van der Waals surface area contributed by atoms with Crippen molar-refractivity contribution in [2.24, 2.45) is 0 Å². The molecule has 0 unspecified atom stereocenters. The van der Waals surface area contributed by atoms with Crippen molar-refractivity contribution < 1.29 is 13.5 Å². The van der Waals surface area contributed by atoms with Crippen molar-refractivity contribution >= 4 is 21.6 Å². The number of rotatable bonds is 4. The van der Waals surface area contributed by atoms with Crippen molar-refractivity contribution in [1.82, 2.24) is 9.29 Å². The molecule has 0 aromatic carbocycles. The lowest BCUT2D eigenvalue weighted by atomic mass is 10.1. The van der Waals surface area contributed by atoms with Crippen LogP contribution in [0.3, 0.4) is 0 Å². The molecule has 0 amide bonds. The van der Waals surface area contributed by atoms with Gasteiger partial charge in [0, 0.05) is 19.8 Å². The first-order valence-corrected chi connectivity index (χ1v) is 6.75. The van der Waals surface area contributed by atoms with Crippen LogP contribution in [0, 0.1) is 0 Å². The summed E-state index contributed by atoms with van der Waals surface area (Å²) >= 11 is 5.74. The van der Waals surface area contributed by atoms with E-state index in [0.29, 0.717) is 0 Å². The summed E-state index contributed by atoms with van der Waals surface area (Å²) in [6, 6.07) is 2.88. The Bertz CT molecular complexity index is 497. The Morgan fingerprint density at radius 3 is 2.59 bits per heavy atom. The van der Waals surface area contributed by atoms with Crippen LogP contribution in [0.5, 0.6) is 0 Å². The zero-order valence-corrected chi connectivity index (χ0v) is 11.5. The monoisotopic (exact) mass is 278 g/mol. The van der Waals surface area contributed by atoms with Crippen molar-refractivity contribution in [3.05, 3.63) is 23.5 Å². The molecule has 1 N–H and O–H groups in total. The first-order chi connectivity index (χ1) is 7.64. The first-order valence-electron chi connectivity index (χ1n) is 4.94. The Hall–Kier alpha value is -0.690. The number of aliphatic hydroxyl groups is 1. The predicted molar refractivity (Wildman–Crippen MR) is 65.4 cm³/mol. The summed E-state index contributed by atoms with van der Waals surface area (Å²) < 4.78 is 25.3. The number of hydrogen-bond acceptors (Lipinski definition) is 4. The van der Waals surface area contributed by atoms with Gasteiger partial charge in [0.25, 0.3) is 0 Å². The van der Waals surface area contributed by atoms with Gasteiger partial charge in [-0.25, -0.2) is 13.4 Å². The summed E-state index contributed by atoms with van der Waals surface area (Å²) in [5, 5.41) is 9.54. The van der Waals surface area contributed by atoms with Gasteiger partial charge in [-0.3, -0.25) is 0 Å². The smallest absolute Gasteiger partial charge is 0.245 e. The lowest BCUT2D eigenvalue weighted by Gasteiger charge is -2.25. The molecule has 0 radical (unpaired) electrons. The lowest BCUT2D eigenvalue weighted by molar-refractivity contribution is 0.0640. The summed E-state index contributed by atoms with van der Waals surface area (Å²) in [5.74, 6) is 0. The third-order valence-corrected chi connectivity index (χ3v) is 4.27. The molecule has 1 rings (SSSR count). The zero-order valence-electron chi connectivity index (χ0n) is 9.88. The lowest BCUT2D eigenvalue weighted by Crippen LogP contribution is -2.39. The van der Waals surface area contributed by atoms with Gasteiger partial charge >= 0.3 is 0 Å². The SMILES string of the molecule is CN(CC(C)(C)O)S(=O)(=O)c1cccnc1Cl. The molecule has 0 spiro atoms. The minimum absolute atomic E-state index is 0.0272. The van der Waals surface area contributed by atoms with Crippen LogP contribution in [0.4, 0.5) is 0 Å². The van der Waals surface area contributed by atoms with E-state index < -0.39 is 15.6 Å². The van der Waals surface area contributed by atoms with Gasteiger partial charge in [-0.2, -0.15) is 4.31 Å². The van der Waals surface area contributed by atoms with Crippen molar-refractivity contribution in [1.29, 1.82) is 0 Å². The summed E-state index contributed by atoms with van der Waals surface area (Å²) in [5.41, 5.74) is -1.11.